The molecule has 2 amide bonds. The Hall–Kier alpha value is -1.34. The quantitative estimate of drug-likeness (QED) is 0.512. The molecule has 0 heterocycles. The van der Waals surface area contributed by atoms with Crippen LogP contribution < -0.4 is 5.32 Å². The number of nitrogens with zero attached hydrogens (tertiary/aromatic N) is 1. The summed E-state index contributed by atoms with van der Waals surface area (Å²) in [6.07, 6.45) is 2.13. The summed E-state index contributed by atoms with van der Waals surface area (Å²) in [7, 11) is 0. The monoisotopic (exact) mass is 274 g/mol. The van der Waals surface area contributed by atoms with E-state index < -0.39 is 24.1 Å². The van der Waals surface area contributed by atoms with E-state index in [-0.39, 0.29) is 12.6 Å². The molecule has 1 fully saturated rings. The minimum Gasteiger partial charge on any atom is -0.480 e. The van der Waals surface area contributed by atoms with E-state index in [0.29, 0.717) is 13.0 Å². The fourth-order valence-electron chi connectivity index (χ4n) is 1.99. The lowest BCUT2D eigenvalue weighted by atomic mass is 9.91. The van der Waals surface area contributed by atoms with Gasteiger partial charge in [0.1, 0.15) is 0 Å². The Labute approximate surface area is 112 Å². The molecule has 0 aliphatic heterocycles. The van der Waals surface area contributed by atoms with E-state index in [2.05, 4.69) is 5.32 Å². The average molecular weight is 274 g/mol. The van der Waals surface area contributed by atoms with E-state index in [9.17, 15) is 14.7 Å². The molecule has 19 heavy (non-hydrogen) atoms. The van der Waals surface area contributed by atoms with Crippen molar-refractivity contribution in [2.45, 2.75) is 50.8 Å². The fraction of sp³-hybridized carbons (Fsp3) is 0.833. The SMILES string of the molecule is CC(O)C(NC(=O)N(CCCO)C1CCC1)C(=O)O. The van der Waals surface area contributed by atoms with Gasteiger partial charge in [-0.2, -0.15) is 0 Å². The third kappa shape index (κ3) is 4.36. The highest BCUT2D eigenvalue weighted by Gasteiger charge is 2.32. The van der Waals surface area contributed by atoms with Crippen LogP contribution in [0.15, 0.2) is 0 Å². The van der Waals surface area contributed by atoms with Crippen molar-refractivity contribution in [2.75, 3.05) is 13.2 Å². The van der Waals surface area contributed by atoms with Gasteiger partial charge in [-0.25, -0.2) is 9.59 Å². The number of carboxylic acid groups (broad SMARTS) is 1. The number of aliphatic carboxylic acids is 1. The van der Waals surface area contributed by atoms with Gasteiger partial charge in [0.05, 0.1) is 6.10 Å². The summed E-state index contributed by atoms with van der Waals surface area (Å²) >= 11 is 0. The molecule has 0 saturated heterocycles. The Bertz CT molecular complexity index is 317. The number of hydrogen-bond donors (Lipinski definition) is 4. The molecule has 1 aliphatic rings. The zero-order chi connectivity index (χ0) is 14.4. The molecule has 2 atom stereocenters. The van der Waals surface area contributed by atoms with Crippen molar-refractivity contribution in [3.05, 3.63) is 0 Å². The number of rotatable bonds is 7. The summed E-state index contributed by atoms with van der Waals surface area (Å²) < 4.78 is 0. The highest BCUT2D eigenvalue weighted by Crippen LogP contribution is 2.25. The number of aliphatic hydroxyl groups is 2. The number of carbonyl (C=O) groups is 2. The van der Waals surface area contributed by atoms with E-state index in [1.165, 1.54) is 6.92 Å². The van der Waals surface area contributed by atoms with Gasteiger partial charge in [-0.15, -0.1) is 0 Å². The molecule has 7 nitrogen and oxygen atoms in total. The van der Waals surface area contributed by atoms with Crippen molar-refractivity contribution in [2.24, 2.45) is 0 Å². The van der Waals surface area contributed by atoms with Crippen LogP contribution in [0.2, 0.25) is 0 Å². The Morgan fingerprint density at radius 3 is 2.42 bits per heavy atom. The van der Waals surface area contributed by atoms with Gasteiger partial charge < -0.3 is 25.5 Å². The molecule has 0 aromatic heterocycles. The van der Waals surface area contributed by atoms with Crippen LogP contribution in [-0.2, 0) is 4.79 Å². The Morgan fingerprint density at radius 2 is 2.05 bits per heavy atom. The molecule has 2 unspecified atom stereocenters. The van der Waals surface area contributed by atoms with Gasteiger partial charge in [-0.1, -0.05) is 0 Å². The zero-order valence-electron chi connectivity index (χ0n) is 11.1. The third-order valence-corrected chi connectivity index (χ3v) is 3.36. The first-order valence-electron chi connectivity index (χ1n) is 6.56. The molecular weight excluding hydrogens is 252 g/mol. The molecule has 4 N–H and O–H groups in total. The summed E-state index contributed by atoms with van der Waals surface area (Å²) in [6.45, 7) is 1.69. The number of aliphatic hydroxyl groups excluding tert-OH is 2. The maximum absolute atomic E-state index is 12.1. The lowest BCUT2D eigenvalue weighted by Gasteiger charge is -2.38. The molecular formula is C12H22N2O5. The molecule has 110 valence electrons. The first-order valence-corrected chi connectivity index (χ1v) is 6.56. The van der Waals surface area contributed by atoms with Gasteiger partial charge >= 0.3 is 12.0 Å². The van der Waals surface area contributed by atoms with Crippen LogP contribution in [0.4, 0.5) is 4.79 Å². The lowest BCUT2D eigenvalue weighted by molar-refractivity contribution is -0.141. The van der Waals surface area contributed by atoms with Gasteiger partial charge in [0.15, 0.2) is 6.04 Å². The average Bonchev–Trinajstić information content (AvgIpc) is 2.27. The van der Waals surface area contributed by atoms with Crippen LogP contribution in [0.1, 0.15) is 32.6 Å². The van der Waals surface area contributed by atoms with E-state index in [0.717, 1.165) is 19.3 Å². The van der Waals surface area contributed by atoms with Crippen LogP contribution >= 0.6 is 0 Å². The summed E-state index contributed by atoms with van der Waals surface area (Å²) in [4.78, 5) is 24.5. The largest absolute Gasteiger partial charge is 0.480 e. The standard InChI is InChI=1S/C12H22N2O5/c1-8(16)10(11(17)18)13-12(19)14(6-3-7-15)9-4-2-5-9/h8-10,15-16H,2-7H2,1H3,(H,13,19)(H,17,18). The van der Waals surface area contributed by atoms with Gasteiger partial charge in [0.2, 0.25) is 0 Å². The van der Waals surface area contributed by atoms with Crippen molar-refractivity contribution >= 4 is 12.0 Å². The van der Waals surface area contributed by atoms with Gasteiger partial charge in [0.25, 0.3) is 0 Å². The second-order valence-corrected chi connectivity index (χ2v) is 4.86. The first kappa shape index (κ1) is 15.7. The van der Waals surface area contributed by atoms with Gasteiger partial charge in [-0.05, 0) is 32.6 Å². The first-order chi connectivity index (χ1) is 8.97. The van der Waals surface area contributed by atoms with E-state index in [1.54, 1.807) is 4.90 Å². The number of amides is 2. The molecule has 7 heteroatoms. The topological polar surface area (TPSA) is 110 Å². The van der Waals surface area contributed by atoms with Crippen molar-refractivity contribution in [3.63, 3.8) is 0 Å². The van der Waals surface area contributed by atoms with Crippen molar-refractivity contribution < 1.29 is 24.9 Å². The molecule has 1 rings (SSSR count). The van der Waals surface area contributed by atoms with Gasteiger partial charge in [-0.3, -0.25) is 0 Å². The number of carboxylic acids is 1. The normalized spacial score (nSPS) is 18.3. The summed E-state index contributed by atoms with van der Waals surface area (Å²) in [5.41, 5.74) is 0. The minimum atomic E-state index is -1.32. The van der Waals surface area contributed by atoms with Crippen LogP contribution in [0.3, 0.4) is 0 Å². The Kier molecular flexibility index (Phi) is 6.04. The molecule has 0 aromatic rings. The van der Waals surface area contributed by atoms with Crippen LogP contribution in [-0.4, -0.2) is 63.6 Å². The Balaban J connectivity index is 2.61. The number of hydrogen-bond acceptors (Lipinski definition) is 4. The molecule has 0 bridgehead atoms. The zero-order valence-corrected chi connectivity index (χ0v) is 11.1. The summed E-state index contributed by atoms with van der Waals surface area (Å²) in [5, 5.41) is 29.4. The van der Waals surface area contributed by atoms with E-state index in [1.807, 2.05) is 0 Å². The van der Waals surface area contributed by atoms with E-state index in [4.69, 9.17) is 10.2 Å². The maximum Gasteiger partial charge on any atom is 0.328 e. The second kappa shape index (κ2) is 7.30. The smallest absolute Gasteiger partial charge is 0.328 e. The third-order valence-electron chi connectivity index (χ3n) is 3.36. The predicted octanol–water partition coefficient (Wildman–Crippen LogP) is -0.233. The number of carbonyl (C=O) groups excluding carboxylic acids is 1. The molecule has 1 saturated carbocycles. The number of nitrogens with one attached hydrogen (secondary N) is 1. The fourth-order valence-corrected chi connectivity index (χ4v) is 1.99. The highest BCUT2D eigenvalue weighted by molar-refractivity contribution is 5.83. The predicted molar refractivity (Wildman–Crippen MR) is 67.7 cm³/mol. The van der Waals surface area contributed by atoms with Crippen molar-refractivity contribution in [3.8, 4) is 0 Å². The summed E-state index contributed by atoms with van der Waals surface area (Å²) in [6, 6.07) is -1.70. The van der Waals surface area contributed by atoms with Crippen LogP contribution in [0.5, 0.6) is 0 Å². The Morgan fingerprint density at radius 1 is 1.42 bits per heavy atom. The molecule has 0 radical (unpaired) electrons. The minimum absolute atomic E-state index is 0.0186. The van der Waals surface area contributed by atoms with Crippen LogP contribution in [0.25, 0.3) is 0 Å². The molecule has 0 aromatic carbocycles. The molecule has 1 aliphatic carbocycles. The second-order valence-electron chi connectivity index (χ2n) is 4.86. The highest BCUT2D eigenvalue weighted by atomic mass is 16.4. The maximum atomic E-state index is 12.1. The molecule has 0 spiro atoms. The number of urea groups is 1. The summed E-state index contributed by atoms with van der Waals surface area (Å²) in [5.74, 6) is -1.26. The van der Waals surface area contributed by atoms with Gasteiger partial charge in [0, 0.05) is 19.2 Å². The van der Waals surface area contributed by atoms with Crippen molar-refractivity contribution in [1.82, 2.24) is 10.2 Å². The van der Waals surface area contributed by atoms with Crippen LogP contribution in [0, 0.1) is 0 Å². The van der Waals surface area contributed by atoms with E-state index >= 15 is 0 Å². The lowest BCUT2D eigenvalue weighted by Crippen LogP contribution is -2.56. The van der Waals surface area contributed by atoms with Crippen molar-refractivity contribution in [1.29, 1.82) is 0 Å².